The second-order valence-corrected chi connectivity index (χ2v) is 4.89. The Morgan fingerprint density at radius 2 is 1.94 bits per heavy atom. The summed E-state index contributed by atoms with van der Waals surface area (Å²) in [5.41, 5.74) is 0.968. The first-order valence-corrected chi connectivity index (χ1v) is 6.42. The normalized spacial score (nSPS) is 11.8. The van der Waals surface area contributed by atoms with Gasteiger partial charge in [-0.05, 0) is 53.0 Å². The largest absolute Gasteiger partial charge is 0.507 e. The first-order valence-electron chi connectivity index (χ1n) is 5.63. The van der Waals surface area contributed by atoms with Gasteiger partial charge in [0.2, 0.25) is 0 Å². The molecule has 0 amide bonds. The second kappa shape index (κ2) is 6.99. The number of hydrogen-bond donors (Lipinski definition) is 2. The van der Waals surface area contributed by atoms with Crippen LogP contribution in [0.3, 0.4) is 0 Å². The smallest absolute Gasteiger partial charge is 0.389 e. The third-order valence-corrected chi connectivity index (χ3v) is 3.04. The highest BCUT2D eigenvalue weighted by atomic mass is 79.9. The number of phenolic OH excluding ortho intramolecular Hbond substituents is 1. The van der Waals surface area contributed by atoms with Crippen molar-refractivity contribution in [2.45, 2.75) is 32.0 Å². The Balaban J connectivity index is 2.16. The molecule has 1 aromatic carbocycles. The van der Waals surface area contributed by atoms with E-state index in [1.54, 1.807) is 18.2 Å². The van der Waals surface area contributed by atoms with Gasteiger partial charge in [0.1, 0.15) is 5.75 Å². The minimum atomic E-state index is -4.05. The van der Waals surface area contributed by atoms with E-state index in [2.05, 4.69) is 21.2 Å². The number of halogens is 4. The van der Waals surface area contributed by atoms with Gasteiger partial charge in [0.15, 0.2) is 0 Å². The van der Waals surface area contributed by atoms with Crippen molar-refractivity contribution in [2.24, 2.45) is 0 Å². The average molecular weight is 326 g/mol. The Morgan fingerprint density at radius 3 is 2.56 bits per heavy atom. The van der Waals surface area contributed by atoms with Crippen molar-refractivity contribution < 1.29 is 18.3 Å². The maximum absolute atomic E-state index is 11.9. The van der Waals surface area contributed by atoms with E-state index in [-0.39, 0.29) is 12.2 Å². The highest BCUT2D eigenvalue weighted by Gasteiger charge is 2.25. The molecule has 0 fully saturated rings. The van der Waals surface area contributed by atoms with E-state index in [4.69, 9.17) is 0 Å². The number of alkyl halides is 3. The van der Waals surface area contributed by atoms with Gasteiger partial charge in [0, 0.05) is 13.0 Å². The van der Waals surface area contributed by atoms with Gasteiger partial charge in [-0.1, -0.05) is 6.07 Å². The fourth-order valence-electron chi connectivity index (χ4n) is 1.47. The lowest BCUT2D eigenvalue weighted by Crippen LogP contribution is -2.15. The first-order chi connectivity index (χ1) is 8.38. The lowest BCUT2D eigenvalue weighted by molar-refractivity contribution is -0.135. The maximum Gasteiger partial charge on any atom is 0.389 e. The first kappa shape index (κ1) is 15.3. The summed E-state index contributed by atoms with van der Waals surface area (Å²) in [6.07, 6.45) is -4.13. The molecule has 0 saturated carbocycles. The molecular formula is C12H15BrF3NO. The van der Waals surface area contributed by atoms with Crippen LogP contribution >= 0.6 is 15.9 Å². The number of benzene rings is 1. The van der Waals surface area contributed by atoms with Crippen LogP contribution in [-0.2, 0) is 6.54 Å². The topological polar surface area (TPSA) is 32.3 Å². The van der Waals surface area contributed by atoms with Crippen LogP contribution in [-0.4, -0.2) is 17.8 Å². The van der Waals surface area contributed by atoms with E-state index in [9.17, 15) is 18.3 Å². The van der Waals surface area contributed by atoms with Crippen molar-refractivity contribution in [1.29, 1.82) is 0 Å². The van der Waals surface area contributed by atoms with E-state index >= 15 is 0 Å². The zero-order valence-electron chi connectivity index (χ0n) is 9.73. The summed E-state index contributed by atoms with van der Waals surface area (Å²) in [7, 11) is 0. The number of hydrogen-bond acceptors (Lipinski definition) is 2. The van der Waals surface area contributed by atoms with Gasteiger partial charge in [0.05, 0.1) is 4.47 Å². The van der Waals surface area contributed by atoms with Gasteiger partial charge >= 0.3 is 6.18 Å². The summed E-state index contributed by atoms with van der Waals surface area (Å²) in [6.45, 7) is 1.12. The molecule has 0 aliphatic carbocycles. The summed E-state index contributed by atoms with van der Waals surface area (Å²) < 4.78 is 36.2. The molecule has 18 heavy (non-hydrogen) atoms. The second-order valence-electron chi connectivity index (χ2n) is 4.03. The number of aromatic hydroxyl groups is 1. The van der Waals surface area contributed by atoms with E-state index in [1.807, 2.05) is 0 Å². The Kier molecular flexibility index (Phi) is 5.95. The van der Waals surface area contributed by atoms with Crippen LogP contribution in [0.15, 0.2) is 22.7 Å². The Bertz CT molecular complexity index is 382. The van der Waals surface area contributed by atoms with Crippen LogP contribution in [0.5, 0.6) is 5.75 Å². The molecule has 0 heterocycles. The molecule has 0 aliphatic rings. The fraction of sp³-hybridized carbons (Fsp3) is 0.500. The van der Waals surface area contributed by atoms with E-state index in [1.165, 1.54) is 0 Å². The van der Waals surface area contributed by atoms with Crippen molar-refractivity contribution in [1.82, 2.24) is 5.32 Å². The lowest BCUT2D eigenvalue weighted by Gasteiger charge is -2.07. The molecular weight excluding hydrogens is 311 g/mol. The maximum atomic E-state index is 11.9. The van der Waals surface area contributed by atoms with Gasteiger partial charge in [-0.15, -0.1) is 0 Å². The van der Waals surface area contributed by atoms with Gasteiger partial charge in [-0.3, -0.25) is 0 Å². The number of nitrogens with one attached hydrogen (secondary N) is 1. The highest BCUT2D eigenvalue weighted by molar-refractivity contribution is 9.10. The minimum absolute atomic E-state index is 0.149. The summed E-state index contributed by atoms with van der Waals surface area (Å²) >= 11 is 3.20. The molecule has 0 radical (unpaired) electrons. The van der Waals surface area contributed by atoms with E-state index in [0.29, 0.717) is 24.0 Å². The molecule has 0 bridgehead atoms. The van der Waals surface area contributed by atoms with Crippen molar-refractivity contribution in [3.05, 3.63) is 28.2 Å². The van der Waals surface area contributed by atoms with Gasteiger partial charge in [-0.2, -0.15) is 13.2 Å². The summed E-state index contributed by atoms with van der Waals surface area (Å²) in [5.74, 6) is 0.170. The van der Waals surface area contributed by atoms with E-state index < -0.39 is 12.6 Å². The average Bonchev–Trinajstić information content (AvgIpc) is 2.26. The monoisotopic (exact) mass is 325 g/mol. The molecule has 6 heteroatoms. The van der Waals surface area contributed by atoms with Crippen molar-refractivity contribution in [2.75, 3.05) is 6.54 Å². The molecule has 0 atom stereocenters. The van der Waals surface area contributed by atoms with Gasteiger partial charge < -0.3 is 10.4 Å². The Labute approximate surface area is 112 Å². The number of unbranched alkanes of at least 4 members (excludes halogenated alkanes) is 1. The minimum Gasteiger partial charge on any atom is -0.507 e. The molecule has 2 N–H and O–H groups in total. The molecule has 0 saturated heterocycles. The lowest BCUT2D eigenvalue weighted by atomic mass is 10.2. The number of rotatable bonds is 6. The molecule has 1 rings (SSSR count). The molecule has 1 aromatic rings. The van der Waals surface area contributed by atoms with E-state index in [0.717, 1.165) is 5.56 Å². The fourth-order valence-corrected chi connectivity index (χ4v) is 1.89. The van der Waals surface area contributed by atoms with Crippen LogP contribution in [0.25, 0.3) is 0 Å². The zero-order valence-corrected chi connectivity index (χ0v) is 11.3. The van der Waals surface area contributed by atoms with Crippen LogP contribution in [0.4, 0.5) is 13.2 Å². The summed E-state index contributed by atoms with van der Waals surface area (Å²) in [6, 6.07) is 5.12. The van der Waals surface area contributed by atoms with Gasteiger partial charge in [0.25, 0.3) is 0 Å². The molecule has 0 unspecified atom stereocenters. The van der Waals surface area contributed by atoms with Crippen molar-refractivity contribution in [3.63, 3.8) is 0 Å². The molecule has 0 aliphatic heterocycles. The molecule has 2 nitrogen and oxygen atoms in total. The van der Waals surface area contributed by atoms with Crippen LogP contribution in [0.1, 0.15) is 24.8 Å². The predicted octanol–water partition coefficient (Wildman–Crippen LogP) is 3.98. The third kappa shape index (κ3) is 6.26. The zero-order chi connectivity index (χ0) is 13.6. The Morgan fingerprint density at radius 1 is 1.22 bits per heavy atom. The Hall–Kier alpha value is -0.750. The van der Waals surface area contributed by atoms with Gasteiger partial charge in [-0.25, -0.2) is 0 Å². The molecule has 102 valence electrons. The third-order valence-electron chi connectivity index (χ3n) is 2.41. The van der Waals surface area contributed by atoms with Crippen LogP contribution < -0.4 is 5.32 Å². The standard InChI is InChI=1S/C12H15BrF3NO/c13-10-7-9(3-4-11(10)18)8-17-6-2-1-5-12(14,15)16/h3-4,7,17-18H,1-2,5-6,8H2. The molecule has 0 spiro atoms. The summed E-state index contributed by atoms with van der Waals surface area (Å²) in [5, 5.41) is 12.4. The highest BCUT2D eigenvalue weighted by Crippen LogP contribution is 2.24. The SMILES string of the molecule is Oc1ccc(CNCCCCC(F)(F)F)cc1Br. The predicted molar refractivity (Wildman–Crippen MR) is 67.4 cm³/mol. The quantitative estimate of drug-likeness (QED) is 0.775. The van der Waals surface area contributed by atoms with Crippen molar-refractivity contribution in [3.8, 4) is 5.75 Å². The summed E-state index contributed by atoms with van der Waals surface area (Å²) in [4.78, 5) is 0. The molecule has 0 aromatic heterocycles. The van der Waals surface area contributed by atoms with Crippen molar-refractivity contribution >= 4 is 15.9 Å². The van der Waals surface area contributed by atoms with Crippen LogP contribution in [0.2, 0.25) is 0 Å². The van der Waals surface area contributed by atoms with Crippen LogP contribution in [0, 0.1) is 0 Å². The number of phenols is 1.